The third kappa shape index (κ3) is 5.49. The van der Waals surface area contributed by atoms with E-state index in [0.29, 0.717) is 11.7 Å². The molecule has 2 unspecified atom stereocenters. The maximum atomic E-state index is 11.9. The number of piperidine rings is 1. The van der Waals surface area contributed by atoms with Crippen LogP contribution in [0.1, 0.15) is 59.0 Å². The predicted octanol–water partition coefficient (Wildman–Crippen LogP) is 3.84. The number of hydrogen-bond acceptors (Lipinski definition) is 6. The van der Waals surface area contributed by atoms with Crippen LogP contribution in [0, 0.1) is 13.8 Å². The molecule has 1 aliphatic rings. The van der Waals surface area contributed by atoms with Gasteiger partial charge in [-0.2, -0.15) is 5.10 Å². The van der Waals surface area contributed by atoms with Crippen molar-refractivity contribution in [2.45, 2.75) is 51.6 Å². The molecule has 2 heterocycles. The first-order valence-electron chi connectivity index (χ1n) is 12.1. The van der Waals surface area contributed by atoms with Gasteiger partial charge in [-0.1, -0.05) is 24.3 Å². The third-order valence-corrected chi connectivity index (χ3v) is 7.22. The minimum atomic E-state index is -0.840. The highest BCUT2D eigenvalue weighted by atomic mass is 16.4. The molecular formula is C27H36N6O2. The topological polar surface area (TPSA) is 114 Å². The summed E-state index contributed by atoms with van der Waals surface area (Å²) < 4.78 is 2.06. The molecular weight excluding hydrogens is 440 g/mol. The summed E-state index contributed by atoms with van der Waals surface area (Å²) in [6.45, 7) is 6.88. The van der Waals surface area contributed by atoms with Gasteiger partial charge in [0.1, 0.15) is 0 Å². The van der Waals surface area contributed by atoms with Gasteiger partial charge < -0.3 is 15.8 Å². The highest BCUT2D eigenvalue weighted by Gasteiger charge is 2.25. The Morgan fingerprint density at radius 2 is 2.09 bits per heavy atom. The first-order chi connectivity index (χ1) is 16.7. The Kier molecular flexibility index (Phi) is 7.42. The lowest BCUT2D eigenvalue weighted by Gasteiger charge is -2.33. The number of aryl methyl sites for hydroxylation is 1. The lowest BCUT2D eigenvalue weighted by molar-refractivity contribution is -0.137. The SMILES string of the molecule is Cc1ccc(C(CC(=O)O)c2ccc(N(C)N)c(N)c2C)cc1CN1CCCC(n2cccn2)C1. The minimum absolute atomic E-state index is 0.00825. The quantitative estimate of drug-likeness (QED) is 0.257. The monoisotopic (exact) mass is 476 g/mol. The first kappa shape index (κ1) is 24.8. The number of hydrogen-bond donors (Lipinski definition) is 3. The molecule has 35 heavy (non-hydrogen) atoms. The molecule has 0 saturated carbocycles. The normalized spacial score (nSPS) is 17.3. The summed E-state index contributed by atoms with van der Waals surface area (Å²) in [7, 11) is 1.74. The van der Waals surface area contributed by atoms with Crippen LogP contribution in [0.15, 0.2) is 48.8 Å². The van der Waals surface area contributed by atoms with E-state index in [1.807, 2.05) is 43.6 Å². The van der Waals surface area contributed by atoms with E-state index in [4.69, 9.17) is 11.6 Å². The Morgan fingerprint density at radius 3 is 2.77 bits per heavy atom. The molecule has 1 aliphatic heterocycles. The van der Waals surface area contributed by atoms with Crippen molar-refractivity contribution in [1.82, 2.24) is 14.7 Å². The summed E-state index contributed by atoms with van der Waals surface area (Å²) in [4.78, 5) is 14.3. The summed E-state index contributed by atoms with van der Waals surface area (Å²) in [5.74, 6) is 4.78. The highest BCUT2D eigenvalue weighted by molar-refractivity contribution is 5.74. The van der Waals surface area contributed by atoms with Crippen LogP contribution in [-0.4, -0.2) is 45.9 Å². The number of anilines is 2. The van der Waals surface area contributed by atoms with Crippen molar-refractivity contribution in [2.24, 2.45) is 5.84 Å². The average Bonchev–Trinajstić information content (AvgIpc) is 3.36. The van der Waals surface area contributed by atoms with Gasteiger partial charge in [0.15, 0.2) is 0 Å². The van der Waals surface area contributed by atoms with Gasteiger partial charge in [0.25, 0.3) is 0 Å². The fraction of sp³-hybridized carbons (Fsp3) is 0.407. The third-order valence-electron chi connectivity index (χ3n) is 7.22. The van der Waals surface area contributed by atoms with Crippen molar-refractivity contribution in [1.29, 1.82) is 0 Å². The van der Waals surface area contributed by atoms with E-state index >= 15 is 0 Å². The minimum Gasteiger partial charge on any atom is -0.481 e. The van der Waals surface area contributed by atoms with E-state index < -0.39 is 5.97 Å². The van der Waals surface area contributed by atoms with Crippen LogP contribution in [0.2, 0.25) is 0 Å². The number of likely N-dealkylation sites (tertiary alicyclic amines) is 1. The Bertz CT molecular complexity index is 1170. The predicted molar refractivity (Wildman–Crippen MR) is 139 cm³/mol. The number of carboxylic acids is 1. The molecule has 0 bridgehead atoms. The summed E-state index contributed by atoms with van der Waals surface area (Å²) >= 11 is 0. The van der Waals surface area contributed by atoms with Gasteiger partial charge in [-0.3, -0.25) is 14.4 Å². The Labute approximate surface area is 207 Å². The fourth-order valence-electron chi connectivity index (χ4n) is 5.20. The van der Waals surface area contributed by atoms with Crippen LogP contribution in [0.4, 0.5) is 11.4 Å². The van der Waals surface area contributed by atoms with E-state index in [-0.39, 0.29) is 12.3 Å². The molecule has 4 rings (SSSR count). The van der Waals surface area contributed by atoms with Gasteiger partial charge in [-0.25, -0.2) is 5.84 Å². The van der Waals surface area contributed by atoms with Gasteiger partial charge in [-0.05, 0) is 73.2 Å². The van der Waals surface area contributed by atoms with Gasteiger partial charge in [0.05, 0.1) is 23.8 Å². The number of benzene rings is 2. The molecule has 0 aliphatic carbocycles. The number of rotatable bonds is 8. The second kappa shape index (κ2) is 10.5. The lowest BCUT2D eigenvalue weighted by atomic mass is 9.84. The van der Waals surface area contributed by atoms with Crippen LogP contribution < -0.4 is 16.6 Å². The van der Waals surface area contributed by atoms with Crippen LogP contribution in [-0.2, 0) is 11.3 Å². The van der Waals surface area contributed by atoms with Gasteiger partial charge in [0, 0.05) is 38.4 Å². The Hall–Kier alpha value is -3.36. The molecule has 1 saturated heterocycles. The number of nitrogen functional groups attached to an aromatic ring is 1. The zero-order valence-electron chi connectivity index (χ0n) is 20.8. The van der Waals surface area contributed by atoms with E-state index in [2.05, 4.69) is 33.7 Å². The van der Waals surface area contributed by atoms with E-state index in [9.17, 15) is 9.90 Å². The van der Waals surface area contributed by atoms with Crippen molar-refractivity contribution < 1.29 is 9.90 Å². The van der Waals surface area contributed by atoms with E-state index in [1.165, 1.54) is 16.1 Å². The molecule has 3 aromatic rings. The summed E-state index contributed by atoms with van der Waals surface area (Å²) in [5, 5.41) is 15.7. The van der Waals surface area contributed by atoms with Crippen molar-refractivity contribution in [3.05, 3.63) is 76.6 Å². The number of aliphatic carboxylic acids is 1. The van der Waals surface area contributed by atoms with Crippen LogP contribution >= 0.6 is 0 Å². The maximum absolute atomic E-state index is 11.9. The number of aromatic nitrogens is 2. The van der Waals surface area contributed by atoms with Crippen molar-refractivity contribution in [2.75, 3.05) is 30.9 Å². The zero-order chi connectivity index (χ0) is 25.1. The number of hydrazine groups is 1. The fourth-order valence-corrected chi connectivity index (χ4v) is 5.20. The molecule has 2 atom stereocenters. The Morgan fingerprint density at radius 1 is 1.29 bits per heavy atom. The van der Waals surface area contributed by atoms with Crippen LogP contribution in [0.25, 0.3) is 0 Å². The van der Waals surface area contributed by atoms with Crippen molar-refractivity contribution >= 4 is 17.3 Å². The molecule has 2 aromatic carbocycles. The number of carbonyl (C=O) groups is 1. The number of carboxylic acid groups (broad SMARTS) is 1. The maximum Gasteiger partial charge on any atom is 0.304 e. The average molecular weight is 477 g/mol. The highest BCUT2D eigenvalue weighted by Crippen LogP contribution is 2.37. The Balaban J connectivity index is 1.63. The summed E-state index contributed by atoms with van der Waals surface area (Å²) in [6, 6.07) is 12.5. The molecule has 0 spiro atoms. The molecule has 0 amide bonds. The smallest absolute Gasteiger partial charge is 0.304 e. The zero-order valence-corrected chi connectivity index (χ0v) is 20.8. The first-order valence-corrected chi connectivity index (χ1v) is 12.1. The molecule has 186 valence electrons. The molecule has 8 heteroatoms. The number of nitrogens with zero attached hydrogens (tertiary/aromatic N) is 4. The second-order valence-corrected chi connectivity index (χ2v) is 9.68. The van der Waals surface area contributed by atoms with Crippen molar-refractivity contribution in [3.63, 3.8) is 0 Å². The van der Waals surface area contributed by atoms with Gasteiger partial charge in [0.2, 0.25) is 0 Å². The lowest BCUT2D eigenvalue weighted by Crippen LogP contribution is -2.36. The molecule has 8 nitrogen and oxygen atoms in total. The summed E-state index contributed by atoms with van der Waals surface area (Å²) in [6.07, 6.45) is 6.13. The molecule has 0 radical (unpaired) electrons. The molecule has 1 aromatic heterocycles. The van der Waals surface area contributed by atoms with Crippen LogP contribution in [0.5, 0.6) is 0 Å². The molecule has 1 fully saturated rings. The molecule has 5 N–H and O–H groups in total. The largest absolute Gasteiger partial charge is 0.481 e. The second-order valence-electron chi connectivity index (χ2n) is 9.68. The van der Waals surface area contributed by atoms with E-state index in [1.54, 1.807) is 7.05 Å². The summed E-state index contributed by atoms with van der Waals surface area (Å²) in [5.41, 5.74) is 12.9. The standard InChI is InChI=1S/C27H36N6O2/c1-18-7-8-20(14-21(18)16-32-12-4-6-22(17-32)33-13-5-11-30-33)24(15-26(34)35)23-9-10-25(31(3)29)27(28)19(23)2/h5,7-11,13-14,22,24H,4,6,12,15-17,28-29H2,1-3H3,(H,34,35). The van der Waals surface area contributed by atoms with Crippen LogP contribution in [0.3, 0.4) is 0 Å². The van der Waals surface area contributed by atoms with Gasteiger partial charge in [-0.15, -0.1) is 0 Å². The van der Waals surface area contributed by atoms with Gasteiger partial charge >= 0.3 is 5.97 Å². The van der Waals surface area contributed by atoms with Crippen molar-refractivity contribution in [3.8, 4) is 0 Å². The number of nitrogens with two attached hydrogens (primary N) is 2. The van der Waals surface area contributed by atoms with E-state index in [0.717, 1.165) is 54.9 Å².